The summed E-state index contributed by atoms with van der Waals surface area (Å²) in [5.74, 6) is -0.257. The maximum atomic E-state index is 12.3. The maximum Gasteiger partial charge on any atom is 0.255 e. The van der Waals surface area contributed by atoms with Gasteiger partial charge in [-0.15, -0.1) is 0 Å². The molecule has 0 aliphatic rings. The SMILES string of the molecule is CN(CC(=O)Nc1ccc(Cl)cc1)Cc1ccc(C(=O)Nc2ccccc2)cc1. The molecule has 3 aromatic rings. The van der Waals surface area contributed by atoms with Gasteiger partial charge in [0, 0.05) is 28.5 Å². The lowest BCUT2D eigenvalue weighted by molar-refractivity contribution is -0.117. The van der Waals surface area contributed by atoms with Crippen LogP contribution in [0.2, 0.25) is 5.02 Å². The Morgan fingerprint density at radius 3 is 2.10 bits per heavy atom. The van der Waals surface area contributed by atoms with E-state index < -0.39 is 0 Å². The van der Waals surface area contributed by atoms with E-state index in [-0.39, 0.29) is 18.4 Å². The van der Waals surface area contributed by atoms with Crippen molar-refractivity contribution < 1.29 is 9.59 Å². The summed E-state index contributed by atoms with van der Waals surface area (Å²) in [6, 6.07) is 23.7. The van der Waals surface area contributed by atoms with Crippen molar-refractivity contribution in [2.45, 2.75) is 6.54 Å². The van der Waals surface area contributed by atoms with Gasteiger partial charge in [0.2, 0.25) is 5.91 Å². The van der Waals surface area contributed by atoms with Gasteiger partial charge in [0.05, 0.1) is 6.54 Å². The molecule has 148 valence electrons. The molecule has 2 amide bonds. The quantitative estimate of drug-likeness (QED) is 0.598. The van der Waals surface area contributed by atoms with Crippen LogP contribution in [-0.2, 0) is 11.3 Å². The molecule has 0 atom stereocenters. The van der Waals surface area contributed by atoms with E-state index in [1.54, 1.807) is 36.4 Å². The van der Waals surface area contributed by atoms with E-state index in [0.29, 0.717) is 22.8 Å². The molecule has 0 bridgehead atoms. The van der Waals surface area contributed by atoms with Gasteiger partial charge in [-0.1, -0.05) is 41.9 Å². The lowest BCUT2D eigenvalue weighted by Crippen LogP contribution is -2.29. The Morgan fingerprint density at radius 1 is 0.828 bits per heavy atom. The third-order valence-corrected chi connectivity index (χ3v) is 4.49. The van der Waals surface area contributed by atoms with Gasteiger partial charge in [-0.3, -0.25) is 14.5 Å². The van der Waals surface area contributed by atoms with Gasteiger partial charge >= 0.3 is 0 Å². The molecule has 0 saturated heterocycles. The van der Waals surface area contributed by atoms with Crippen LogP contribution in [0, 0.1) is 0 Å². The highest BCUT2D eigenvalue weighted by Gasteiger charge is 2.09. The molecule has 6 heteroatoms. The summed E-state index contributed by atoms with van der Waals surface area (Å²) in [5, 5.41) is 6.33. The number of hydrogen-bond acceptors (Lipinski definition) is 3. The van der Waals surface area contributed by atoms with Crippen molar-refractivity contribution in [3.8, 4) is 0 Å². The normalized spacial score (nSPS) is 10.6. The Kier molecular flexibility index (Phi) is 7.00. The van der Waals surface area contributed by atoms with Gasteiger partial charge in [0.25, 0.3) is 5.91 Å². The van der Waals surface area contributed by atoms with E-state index in [2.05, 4.69) is 10.6 Å². The van der Waals surface area contributed by atoms with Crippen LogP contribution >= 0.6 is 11.6 Å². The Hall–Kier alpha value is -3.15. The molecular weight excluding hydrogens is 386 g/mol. The summed E-state index contributed by atoms with van der Waals surface area (Å²) < 4.78 is 0. The number of carbonyl (C=O) groups is 2. The van der Waals surface area contributed by atoms with Crippen molar-refractivity contribution in [2.24, 2.45) is 0 Å². The van der Waals surface area contributed by atoms with Crippen LogP contribution in [0.15, 0.2) is 78.9 Å². The highest BCUT2D eigenvalue weighted by Crippen LogP contribution is 2.14. The maximum absolute atomic E-state index is 12.3. The predicted molar refractivity (Wildman–Crippen MR) is 117 cm³/mol. The molecule has 0 aliphatic heterocycles. The number of nitrogens with zero attached hydrogens (tertiary/aromatic N) is 1. The molecule has 0 spiro atoms. The van der Waals surface area contributed by atoms with E-state index in [0.717, 1.165) is 11.3 Å². The zero-order chi connectivity index (χ0) is 20.6. The standard InChI is InChI=1S/C23H22ClN3O2/c1-27(16-22(28)25-21-13-11-19(24)12-14-21)15-17-7-9-18(10-8-17)23(29)26-20-5-3-2-4-6-20/h2-14H,15-16H2,1H3,(H,25,28)(H,26,29). The Labute approximate surface area is 175 Å². The highest BCUT2D eigenvalue weighted by molar-refractivity contribution is 6.30. The molecule has 0 saturated carbocycles. The summed E-state index contributed by atoms with van der Waals surface area (Å²) >= 11 is 5.85. The predicted octanol–water partition coefficient (Wildman–Crippen LogP) is 4.66. The smallest absolute Gasteiger partial charge is 0.255 e. The lowest BCUT2D eigenvalue weighted by atomic mass is 10.1. The Morgan fingerprint density at radius 2 is 1.45 bits per heavy atom. The number of amides is 2. The van der Waals surface area contributed by atoms with Crippen LogP contribution in [0.5, 0.6) is 0 Å². The van der Waals surface area contributed by atoms with Gasteiger partial charge in [-0.25, -0.2) is 0 Å². The summed E-state index contributed by atoms with van der Waals surface area (Å²) in [6.45, 7) is 0.841. The van der Waals surface area contributed by atoms with E-state index >= 15 is 0 Å². The Bertz CT molecular complexity index is 958. The number of rotatable bonds is 7. The highest BCUT2D eigenvalue weighted by atomic mass is 35.5. The second-order valence-corrected chi connectivity index (χ2v) is 7.18. The van der Waals surface area contributed by atoms with Crippen LogP contribution in [0.1, 0.15) is 15.9 Å². The van der Waals surface area contributed by atoms with Crippen molar-refractivity contribution >= 4 is 34.8 Å². The number of carbonyl (C=O) groups excluding carboxylic acids is 2. The fourth-order valence-electron chi connectivity index (χ4n) is 2.83. The third-order valence-electron chi connectivity index (χ3n) is 4.24. The number of hydrogen-bond donors (Lipinski definition) is 2. The minimum Gasteiger partial charge on any atom is -0.325 e. The van der Waals surface area contributed by atoms with E-state index in [9.17, 15) is 9.59 Å². The number of benzene rings is 3. The first kappa shape index (κ1) is 20.6. The van der Waals surface area contributed by atoms with Gasteiger partial charge in [0.15, 0.2) is 0 Å². The summed E-state index contributed by atoms with van der Waals surface area (Å²) in [7, 11) is 1.87. The van der Waals surface area contributed by atoms with Crippen LogP contribution < -0.4 is 10.6 Å². The molecule has 5 nitrogen and oxygen atoms in total. The monoisotopic (exact) mass is 407 g/mol. The molecule has 0 heterocycles. The molecule has 2 N–H and O–H groups in total. The number of anilines is 2. The van der Waals surface area contributed by atoms with Crippen LogP contribution in [-0.4, -0.2) is 30.3 Å². The van der Waals surface area contributed by atoms with E-state index in [1.165, 1.54) is 0 Å². The number of halogens is 1. The second kappa shape index (κ2) is 9.87. The average molecular weight is 408 g/mol. The van der Waals surface area contributed by atoms with Crippen LogP contribution in [0.4, 0.5) is 11.4 Å². The van der Waals surface area contributed by atoms with Crippen molar-refractivity contribution in [3.63, 3.8) is 0 Å². The van der Waals surface area contributed by atoms with Gasteiger partial charge in [-0.05, 0) is 61.1 Å². The summed E-state index contributed by atoms with van der Waals surface area (Å²) in [6.07, 6.45) is 0. The number of nitrogens with one attached hydrogen (secondary N) is 2. The average Bonchev–Trinajstić information content (AvgIpc) is 2.71. The first-order chi connectivity index (χ1) is 14.0. The van der Waals surface area contributed by atoms with Crippen molar-refractivity contribution in [3.05, 3.63) is 95.0 Å². The van der Waals surface area contributed by atoms with Crippen LogP contribution in [0.3, 0.4) is 0 Å². The lowest BCUT2D eigenvalue weighted by Gasteiger charge is -2.16. The van der Waals surface area contributed by atoms with E-state index in [1.807, 2.05) is 54.4 Å². The van der Waals surface area contributed by atoms with E-state index in [4.69, 9.17) is 11.6 Å². The largest absolute Gasteiger partial charge is 0.325 e. The molecule has 29 heavy (non-hydrogen) atoms. The number of para-hydroxylation sites is 1. The molecular formula is C23H22ClN3O2. The van der Waals surface area contributed by atoms with Gasteiger partial charge in [-0.2, -0.15) is 0 Å². The van der Waals surface area contributed by atoms with Crippen molar-refractivity contribution in [1.29, 1.82) is 0 Å². The molecule has 0 aromatic heterocycles. The molecule has 0 aliphatic carbocycles. The molecule has 0 fully saturated rings. The van der Waals surface area contributed by atoms with Crippen LogP contribution in [0.25, 0.3) is 0 Å². The first-order valence-corrected chi connectivity index (χ1v) is 9.57. The summed E-state index contributed by atoms with van der Waals surface area (Å²) in [4.78, 5) is 26.4. The van der Waals surface area contributed by atoms with Crippen molar-refractivity contribution in [1.82, 2.24) is 4.90 Å². The molecule has 0 radical (unpaired) electrons. The third kappa shape index (κ3) is 6.45. The molecule has 3 rings (SSSR count). The zero-order valence-corrected chi connectivity index (χ0v) is 16.8. The first-order valence-electron chi connectivity index (χ1n) is 9.19. The molecule has 3 aromatic carbocycles. The minimum absolute atomic E-state index is 0.103. The van der Waals surface area contributed by atoms with Gasteiger partial charge < -0.3 is 10.6 Å². The minimum atomic E-state index is -0.154. The second-order valence-electron chi connectivity index (χ2n) is 6.74. The molecule has 0 unspecified atom stereocenters. The Balaban J connectivity index is 1.50. The fraction of sp³-hybridized carbons (Fsp3) is 0.130. The summed E-state index contributed by atoms with van der Waals surface area (Å²) in [5.41, 5.74) is 3.07. The topological polar surface area (TPSA) is 61.4 Å². The van der Waals surface area contributed by atoms with Crippen molar-refractivity contribution in [2.75, 3.05) is 24.2 Å². The van der Waals surface area contributed by atoms with Gasteiger partial charge in [0.1, 0.15) is 0 Å². The number of likely N-dealkylation sites (N-methyl/N-ethyl adjacent to an activating group) is 1. The zero-order valence-electron chi connectivity index (χ0n) is 16.1. The fourth-order valence-corrected chi connectivity index (χ4v) is 2.96.